The van der Waals surface area contributed by atoms with Crippen molar-refractivity contribution < 1.29 is 13.2 Å². The Morgan fingerprint density at radius 1 is 1.25 bits per heavy atom. The molecule has 0 saturated carbocycles. The molecule has 0 bridgehead atoms. The van der Waals surface area contributed by atoms with Gasteiger partial charge in [-0.25, -0.2) is 8.42 Å². The van der Waals surface area contributed by atoms with Gasteiger partial charge in [-0.1, -0.05) is 42.8 Å². The maximum absolute atomic E-state index is 12.9. The first-order chi connectivity index (χ1) is 11.4. The average Bonchev–Trinajstić information content (AvgIpc) is 2.74. The molecule has 3 rings (SSSR count). The van der Waals surface area contributed by atoms with Crippen molar-refractivity contribution in [1.29, 1.82) is 0 Å². The van der Waals surface area contributed by atoms with E-state index in [0.717, 1.165) is 12.0 Å². The molecule has 2 aliphatic rings. The van der Waals surface area contributed by atoms with E-state index in [2.05, 4.69) is 0 Å². The van der Waals surface area contributed by atoms with Crippen LogP contribution < -0.4 is 0 Å². The molecule has 1 aliphatic heterocycles. The monoisotopic (exact) mass is 345 g/mol. The predicted octanol–water partition coefficient (Wildman–Crippen LogP) is 3.44. The number of nitrogens with zero attached hydrogens (tertiary/aromatic N) is 1. The van der Waals surface area contributed by atoms with E-state index in [1.807, 2.05) is 32.1 Å². The SMILES string of the molecule is CCC12C=CN(S(=O)(=O)c3ccc(C)cc3)CC1C=CCCC2=O. The van der Waals surface area contributed by atoms with Crippen LogP contribution in [0.25, 0.3) is 0 Å². The molecular weight excluding hydrogens is 322 g/mol. The lowest BCUT2D eigenvalue weighted by atomic mass is 9.69. The van der Waals surface area contributed by atoms with Gasteiger partial charge in [0.25, 0.3) is 10.0 Å². The summed E-state index contributed by atoms with van der Waals surface area (Å²) in [5, 5.41) is 0. The first-order valence-electron chi connectivity index (χ1n) is 8.38. The minimum absolute atomic E-state index is 0.109. The van der Waals surface area contributed by atoms with E-state index in [-0.39, 0.29) is 16.6 Å². The second-order valence-electron chi connectivity index (χ2n) is 6.59. The highest BCUT2D eigenvalue weighted by molar-refractivity contribution is 7.89. The Labute approximate surface area is 143 Å². The molecule has 0 fully saturated rings. The van der Waals surface area contributed by atoms with Crippen LogP contribution in [0.5, 0.6) is 0 Å². The summed E-state index contributed by atoms with van der Waals surface area (Å²) in [7, 11) is -3.59. The van der Waals surface area contributed by atoms with Gasteiger partial charge in [0.2, 0.25) is 0 Å². The fraction of sp³-hybridized carbons (Fsp3) is 0.421. The minimum atomic E-state index is -3.59. The normalized spacial score (nSPS) is 27.0. The summed E-state index contributed by atoms with van der Waals surface area (Å²) in [6.45, 7) is 4.23. The largest absolute Gasteiger partial charge is 0.299 e. The lowest BCUT2D eigenvalue weighted by Crippen LogP contribution is -2.45. The molecule has 0 spiro atoms. The molecule has 1 aromatic carbocycles. The van der Waals surface area contributed by atoms with E-state index in [0.29, 0.717) is 19.4 Å². The summed E-state index contributed by atoms with van der Waals surface area (Å²) in [6.07, 6.45) is 9.38. The first kappa shape index (κ1) is 17.0. The molecule has 1 aromatic rings. The number of carbonyl (C=O) groups excluding carboxylic acids is 1. The lowest BCUT2D eigenvalue weighted by Gasteiger charge is -2.40. The Bertz CT molecular complexity index is 792. The number of rotatable bonds is 3. The number of sulfonamides is 1. The smallest absolute Gasteiger partial charge is 0.263 e. The van der Waals surface area contributed by atoms with Crippen LogP contribution in [0.1, 0.15) is 31.7 Å². The number of benzene rings is 1. The van der Waals surface area contributed by atoms with E-state index in [9.17, 15) is 13.2 Å². The molecule has 0 amide bonds. The molecule has 2 atom stereocenters. The lowest BCUT2D eigenvalue weighted by molar-refractivity contribution is -0.128. The van der Waals surface area contributed by atoms with Gasteiger partial charge in [0.1, 0.15) is 5.78 Å². The number of fused-ring (bicyclic) bond motifs is 1. The number of hydrogen-bond donors (Lipinski definition) is 0. The summed E-state index contributed by atoms with van der Waals surface area (Å²) < 4.78 is 27.2. The van der Waals surface area contributed by atoms with Crippen LogP contribution in [0, 0.1) is 18.3 Å². The Morgan fingerprint density at radius 3 is 2.62 bits per heavy atom. The highest BCUT2D eigenvalue weighted by Gasteiger charge is 2.45. The standard InChI is InChI=1S/C19H23NO3S/c1-3-19-12-13-20(14-16(19)6-4-5-7-18(19)21)24(22,23)17-10-8-15(2)9-11-17/h4,6,8-13,16H,3,5,7,14H2,1-2H3. The van der Waals surface area contributed by atoms with E-state index < -0.39 is 15.4 Å². The predicted molar refractivity (Wildman–Crippen MR) is 93.8 cm³/mol. The first-order valence-corrected chi connectivity index (χ1v) is 9.82. The topological polar surface area (TPSA) is 54.5 Å². The van der Waals surface area contributed by atoms with Crippen molar-refractivity contribution in [2.75, 3.05) is 6.54 Å². The minimum Gasteiger partial charge on any atom is -0.299 e. The van der Waals surface area contributed by atoms with Gasteiger partial charge in [-0.3, -0.25) is 9.10 Å². The van der Waals surface area contributed by atoms with Gasteiger partial charge in [-0.05, 0) is 31.9 Å². The van der Waals surface area contributed by atoms with E-state index in [4.69, 9.17) is 0 Å². The van der Waals surface area contributed by atoms with Crippen molar-refractivity contribution in [3.05, 3.63) is 54.3 Å². The van der Waals surface area contributed by atoms with Crippen LogP contribution in [-0.4, -0.2) is 25.1 Å². The second kappa shape index (κ2) is 6.20. The van der Waals surface area contributed by atoms with Crippen LogP contribution >= 0.6 is 0 Å². The number of aryl methyl sites for hydroxylation is 1. The van der Waals surface area contributed by atoms with Crippen molar-refractivity contribution in [3.63, 3.8) is 0 Å². The molecule has 4 nitrogen and oxygen atoms in total. The van der Waals surface area contributed by atoms with E-state index in [1.54, 1.807) is 30.5 Å². The fourth-order valence-corrected chi connectivity index (χ4v) is 4.93. The Morgan fingerprint density at radius 2 is 1.96 bits per heavy atom. The summed E-state index contributed by atoms with van der Waals surface area (Å²) >= 11 is 0. The molecule has 0 aromatic heterocycles. The van der Waals surface area contributed by atoms with Crippen LogP contribution in [-0.2, 0) is 14.8 Å². The number of carbonyl (C=O) groups is 1. The van der Waals surface area contributed by atoms with Gasteiger partial charge < -0.3 is 0 Å². The van der Waals surface area contributed by atoms with Crippen molar-refractivity contribution in [3.8, 4) is 0 Å². The second-order valence-corrected chi connectivity index (χ2v) is 8.48. The summed E-state index contributed by atoms with van der Waals surface area (Å²) in [5.41, 5.74) is 0.456. The summed E-state index contributed by atoms with van der Waals surface area (Å²) in [4.78, 5) is 12.9. The quantitative estimate of drug-likeness (QED) is 0.789. The highest BCUT2D eigenvalue weighted by Crippen LogP contribution is 2.43. The average molecular weight is 345 g/mol. The van der Waals surface area contributed by atoms with Crippen LogP contribution in [0.2, 0.25) is 0 Å². The molecule has 128 valence electrons. The third kappa shape index (κ3) is 2.71. The fourth-order valence-electron chi connectivity index (χ4n) is 3.60. The van der Waals surface area contributed by atoms with Gasteiger partial charge in [-0.15, -0.1) is 0 Å². The molecule has 0 saturated heterocycles. The summed E-state index contributed by atoms with van der Waals surface area (Å²) in [6, 6.07) is 6.86. The molecule has 2 unspecified atom stereocenters. The van der Waals surface area contributed by atoms with Gasteiger partial charge in [0.15, 0.2) is 0 Å². The van der Waals surface area contributed by atoms with Crippen molar-refractivity contribution in [2.45, 2.75) is 38.0 Å². The number of hydrogen-bond acceptors (Lipinski definition) is 3. The van der Waals surface area contributed by atoms with Crippen LogP contribution in [0.3, 0.4) is 0 Å². The maximum Gasteiger partial charge on any atom is 0.263 e. The highest BCUT2D eigenvalue weighted by atomic mass is 32.2. The number of allylic oxidation sites excluding steroid dienone is 2. The number of ketones is 1. The summed E-state index contributed by atoms with van der Waals surface area (Å²) in [5.74, 6) is 0.103. The molecule has 1 aliphatic carbocycles. The molecular formula is C19H23NO3S. The Hall–Kier alpha value is -1.88. The van der Waals surface area contributed by atoms with E-state index in [1.165, 1.54) is 4.31 Å². The van der Waals surface area contributed by atoms with Gasteiger partial charge in [0, 0.05) is 25.1 Å². The van der Waals surface area contributed by atoms with Crippen molar-refractivity contribution in [1.82, 2.24) is 4.31 Å². The zero-order chi connectivity index (χ0) is 17.4. The van der Waals surface area contributed by atoms with Gasteiger partial charge >= 0.3 is 0 Å². The molecule has 5 heteroatoms. The van der Waals surface area contributed by atoms with Crippen LogP contribution in [0.4, 0.5) is 0 Å². The zero-order valence-electron chi connectivity index (χ0n) is 14.1. The molecule has 1 heterocycles. The Balaban J connectivity index is 1.99. The van der Waals surface area contributed by atoms with Gasteiger partial charge in [0.05, 0.1) is 10.3 Å². The Kier molecular flexibility index (Phi) is 4.38. The van der Waals surface area contributed by atoms with Crippen molar-refractivity contribution >= 4 is 15.8 Å². The molecule has 0 radical (unpaired) electrons. The third-order valence-electron chi connectivity index (χ3n) is 5.21. The maximum atomic E-state index is 12.9. The third-order valence-corrected chi connectivity index (χ3v) is 6.97. The van der Waals surface area contributed by atoms with Gasteiger partial charge in [-0.2, -0.15) is 0 Å². The van der Waals surface area contributed by atoms with Crippen LogP contribution in [0.15, 0.2) is 53.6 Å². The molecule has 0 N–H and O–H groups in total. The van der Waals surface area contributed by atoms with E-state index >= 15 is 0 Å². The number of Topliss-reactive ketones (excluding diaryl/α,β-unsaturated/α-hetero) is 1. The molecule has 24 heavy (non-hydrogen) atoms. The zero-order valence-corrected chi connectivity index (χ0v) is 14.9. The van der Waals surface area contributed by atoms with Crippen molar-refractivity contribution in [2.24, 2.45) is 11.3 Å².